The summed E-state index contributed by atoms with van der Waals surface area (Å²) >= 11 is 0. The van der Waals surface area contributed by atoms with Crippen LogP contribution in [0.2, 0.25) is 0 Å². The maximum absolute atomic E-state index is 13.5. The van der Waals surface area contributed by atoms with Gasteiger partial charge in [-0.25, -0.2) is 0 Å². The molecule has 45 heavy (non-hydrogen) atoms. The minimum absolute atomic E-state index is 0.111. The molecule has 1 aliphatic rings. The Kier molecular flexibility index (Phi) is 10.1. The molecule has 3 heterocycles. The number of aliphatic hydroxyl groups is 1. The van der Waals surface area contributed by atoms with Crippen molar-refractivity contribution in [1.82, 2.24) is 20.2 Å². The van der Waals surface area contributed by atoms with Gasteiger partial charge in [0.25, 0.3) is 5.91 Å². The molecule has 0 aliphatic carbocycles. The zero-order chi connectivity index (χ0) is 30.8. The number of aromatic nitrogens is 2. The van der Waals surface area contributed by atoms with E-state index in [1.807, 2.05) is 72.9 Å². The van der Waals surface area contributed by atoms with E-state index >= 15 is 0 Å². The Labute approximate surface area is 263 Å². The molecule has 3 aromatic carbocycles. The fourth-order valence-electron chi connectivity index (χ4n) is 5.78. The van der Waals surface area contributed by atoms with E-state index in [0.29, 0.717) is 23.4 Å². The van der Waals surface area contributed by atoms with Gasteiger partial charge in [0.2, 0.25) is 6.29 Å². The van der Waals surface area contributed by atoms with Crippen LogP contribution in [0.25, 0.3) is 10.8 Å². The molecular weight excluding hydrogens is 564 g/mol. The number of ether oxygens (including phenoxy) is 2. The molecule has 0 radical (unpaired) electrons. The number of pyridine rings is 2. The Balaban J connectivity index is 1.07. The van der Waals surface area contributed by atoms with Gasteiger partial charge in [0.1, 0.15) is 11.9 Å². The maximum Gasteiger partial charge on any atom is 0.255 e. The third kappa shape index (κ3) is 7.91. The van der Waals surface area contributed by atoms with Crippen LogP contribution < -0.4 is 10.1 Å². The summed E-state index contributed by atoms with van der Waals surface area (Å²) in [5.41, 5.74) is 2.90. The lowest BCUT2D eigenvalue weighted by atomic mass is 10.0. The number of nitrogens with zero attached hydrogens (tertiary/aromatic N) is 3. The lowest BCUT2D eigenvalue weighted by Gasteiger charge is -2.25. The van der Waals surface area contributed by atoms with Crippen molar-refractivity contribution in [3.8, 4) is 5.75 Å². The monoisotopic (exact) mass is 602 g/mol. The first kappa shape index (κ1) is 30.4. The summed E-state index contributed by atoms with van der Waals surface area (Å²) in [4.78, 5) is 24.5. The molecule has 3 atom stereocenters. The third-order valence-electron chi connectivity index (χ3n) is 8.17. The maximum atomic E-state index is 13.5. The van der Waals surface area contributed by atoms with Gasteiger partial charge in [-0.2, -0.15) is 0 Å². The molecule has 3 unspecified atom stereocenters. The van der Waals surface area contributed by atoms with Crippen molar-refractivity contribution in [2.45, 2.75) is 37.8 Å². The number of rotatable bonds is 11. The molecule has 6 rings (SSSR count). The van der Waals surface area contributed by atoms with Crippen LogP contribution in [0.3, 0.4) is 0 Å². The van der Waals surface area contributed by atoms with E-state index in [1.165, 1.54) is 0 Å². The summed E-state index contributed by atoms with van der Waals surface area (Å²) in [7, 11) is 0. The zero-order valence-electron chi connectivity index (χ0n) is 25.2. The van der Waals surface area contributed by atoms with Crippen molar-refractivity contribution in [2.24, 2.45) is 0 Å². The first-order chi connectivity index (χ1) is 22.1. The van der Waals surface area contributed by atoms with E-state index in [1.54, 1.807) is 30.6 Å². The number of likely N-dealkylation sites (tertiary alicyclic amines) is 1. The average Bonchev–Trinajstić information content (AvgIpc) is 3.33. The Morgan fingerprint density at radius 3 is 2.44 bits per heavy atom. The SMILES string of the molecule is O=C(NCCN1CCCC(OC(c2ccccc2)c2ccccn2)CC1)c1cc2ccccc2cc1OC(O)c1cccnc1. The lowest BCUT2D eigenvalue weighted by Crippen LogP contribution is -2.36. The second-order valence-electron chi connectivity index (χ2n) is 11.3. The van der Waals surface area contributed by atoms with Gasteiger partial charge in [0.05, 0.1) is 17.4 Å². The van der Waals surface area contributed by atoms with E-state index in [2.05, 4.69) is 32.3 Å². The summed E-state index contributed by atoms with van der Waals surface area (Å²) in [5.74, 6) is 0.0735. The van der Waals surface area contributed by atoms with Crippen molar-refractivity contribution in [3.05, 3.63) is 138 Å². The predicted molar refractivity (Wildman–Crippen MR) is 174 cm³/mol. The van der Waals surface area contributed by atoms with Crippen LogP contribution in [0.4, 0.5) is 0 Å². The van der Waals surface area contributed by atoms with Gasteiger partial charge < -0.3 is 24.8 Å². The number of amides is 1. The summed E-state index contributed by atoms with van der Waals surface area (Å²) in [5, 5.41) is 15.6. The number of aliphatic hydroxyl groups excluding tert-OH is 1. The van der Waals surface area contributed by atoms with Crippen LogP contribution in [0, 0.1) is 0 Å². The van der Waals surface area contributed by atoms with Crippen LogP contribution in [0.15, 0.2) is 116 Å². The Bertz CT molecular complexity index is 1630. The quantitative estimate of drug-likeness (QED) is 0.177. The van der Waals surface area contributed by atoms with Gasteiger partial charge in [-0.05, 0) is 78.5 Å². The molecule has 8 nitrogen and oxygen atoms in total. The van der Waals surface area contributed by atoms with E-state index in [0.717, 1.165) is 60.9 Å². The Morgan fingerprint density at radius 2 is 1.67 bits per heavy atom. The smallest absolute Gasteiger partial charge is 0.255 e. The average molecular weight is 603 g/mol. The van der Waals surface area contributed by atoms with E-state index < -0.39 is 6.29 Å². The number of carbonyl (C=O) groups is 1. The molecule has 8 heteroatoms. The normalized spacial score (nSPS) is 16.9. The minimum Gasteiger partial charge on any atom is -0.460 e. The fraction of sp³-hybridized carbons (Fsp3) is 0.270. The van der Waals surface area contributed by atoms with Gasteiger partial charge in [-0.15, -0.1) is 0 Å². The van der Waals surface area contributed by atoms with E-state index in [-0.39, 0.29) is 18.1 Å². The molecule has 230 valence electrons. The van der Waals surface area contributed by atoms with Crippen LogP contribution in [0.1, 0.15) is 58.8 Å². The summed E-state index contributed by atoms with van der Waals surface area (Å²) in [6.45, 7) is 3.04. The van der Waals surface area contributed by atoms with Crippen LogP contribution in [-0.4, -0.2) is 58.2 Å². The molecule has 1 aliphatic heterocycles. The molecule has 0 saturated carbocycles. The van der Waals surface area contributed by atoms with E-state index in [9.17, 15) is 9.90 Å². The first-order valence-corrected chi connectivity index (χ1v) is 15.5. The van der Waals surface area contributed by atoms with Gasteiger partial charge in [0.15, 0.2) is 0 Å². The first-order valence-electron chi connectivity index (χ1n) is 15.5. The standard InChI is InChI=1S/C37H38N4O4/c42-36(32-24-28-12-4-5-13-29(28)25-34(32)45-37(43)30-14-8-18-38-26-30)40-20-23-41-21-9-15-31(17-22-41)44-35(27-10-2-1-3-11-27)33-16-6-7-19-39-33/h1-8,10-14,16,18-19,24-26,31,35,37,43H,9,15,17,20-23H2,(H,40,42). The number of hydrogen-bond donors (Lipinski definition) is 2. The second kappa shape index (κ2) is 14.9. The largest absolute Gasteiger partial charge is 0.460 e. The van der Waals surface area contributed by atoms with Crippen molar-refractivity contribution in [2.75, 3.05) is 26.2 Å². The number of hydrogen-bond acceptors (Lipinski definition) is 7. The van der Waals surface area contributed by atoms with Crippen molar-refractivity contribution in [1.29, 1.82) is 0 Å². The zero-order valence-corrected chi connectivity index (χ0v) is 25.2. The molecule has 2 aromatic heterocycles. The molecule has 2 N–H and O–H groups in total. The summed E-state index contributed by atoms with van der Waals surface area (Å²) in [6.07, 6.45) is 6.52. The summed E-state index contributed by atoms with van der Waals surface area (Å²) in [6, 6.07) is 31.1. The highest BCUT2D eigenvalue weighted by Crippen LogP contribution is 2.30. The second-order valence-corrected chi connectivity index (χ2v) is 11.3. The van der Waals surface area contributed by atoms with Gasteiger partial charge in [-0.3, -0.25) is 14.8 Å². The molecule has 0 bridgehead atoms. The fourth-order valence-corrected chi connectivity index (χ4v) is 5.78. The highest BCUT2D eigenvalue weighted by Gasteiger charge is 2.24. The van der Waals surface area contributed by atoms with Gasteiger partial charge >= 0.3 is 0 Å². The lowest BCUT2D eigenvalue weighted by molar-refractivity contribution is -0.0200. The molecule has 0 spiro atoms. The van der Waals surface area contributed by atoms with Crippen LogP contribution in [-0.2, 0) is 4.74 Å². The van der Waals surface area contributed by atoms with Crippen molar-refractivity contribution >= 4 is 16.7 Å². The van der Waals surface area contributed by atoms with Crippen molar-refractivity contribution < 1.29 is 19.4 Å². The van der Waals surface area contributed by atoms with Crippen LogP contribution in [0.5, 0.6) is 5.75 Å². The third-order valence-corrected chi connectivity index (χ3v) is 8.17. The number of fused-ring (bicyclic) bond motifs is 1. The Morgan fingerprint density at radius 1 is 0.889 bits per heavy atom. The highest BCUT2D eigenvalue weighted by atomic mass is 16.6. The minimum atomic E-state index is -1.25. The van der Waals surface area contributed by atoms with E-state index in [4.69, 9.17) is 9.47 Å². The van der Waals surface area contributed by atoms with Gasteiger partial charge in [-0.1, -0.05) is 60.7 Å². The number of carbonyl (C=O) groups excluding carboxylic acids is 1. The number of benzene rings is 3. The molecule has 1 saturated heterocycles. The Hall–Kier alpha value is -4.63. The topological polar surface area (TPSA) is 96.8 Å². The number of nitrogens with one attached hydrogen (secondary N) is 1. The van der Waals surface area contributed by atoms with Crippen molar-refractivity contribution in [3.63, 3.8) is 0 Å². The highest BCUT2D eigenvalue weighted by molar-refractivity contribution is 6.01. The van der Waals surface area contributed by atoms with Gasteiger partial charge in [0, 0.05) is 43.8 Å². The molecule has 1 amide bonds. The molecule has 5 aromatic rings. The molecule has 1 fully saturated rings. The molecular formula is C37H38N4O4. The van der Waals surface area contributed by atoms with Crippen LogP contribution >= 0.6 is 0 Å². The predicted octanol–water partition coefficient (Wildman–Crippen LogP) is 6.09. The summed E-state index contributed by atoms with van der Waals surface area (Å²) < 4.78 is 12.6.